The van der Waals surface area contributed by atoms with Crippen molar-refractivity contribution in [1.82, 2.24) is 4.90 Å². The van der Waals surface area contributed by atoms with Gasteiger partial charge in [0, 0.05) is 24.2 Å². The maximum absolute atomic E-state index is 6.11. The molecule has 1 aromatic rings. The first-order valence-electron chi connectivity index (χ1n) is 6.62. The number of nitrogens with zero attached hydrogens (tertiary/aromatic N) is 2. The van der Waals surface area contributed by atoms with Crippen molar-refractivity contribution < 1.29 is 0 Å². The number of benzene rings is 1. The molecule has 2 rings (SSSR count). The molecule has 1 heterocycles. The zero-order chi connectivity index (χ0) is 13.1. The Morgan fingerprint density at radius 2 is 2.17 bits per heavy atom. The maximum Gasteiger partial charge on any atom is 0.0617 e. The molecule has 0 aliphatic carbocycles. The molecular weight excluding hydrogens is 246 g/mol. The molecule has 1 unspecified atom stereocenters. The first-order valence-corrected chi connectivity index (χ1v) is 6.99. The summed E-state index contributed by atoms with van der Waals surface area (Å²) in [6.07, 6.45) is 2.29. The summed E-state index contributed by atoms with van der Waals surface area (Å²) in [4.78, 5) is 4.82. The average molecular weight is 268 g/mol. The summed E-state index contributed by atoms with van der Waals surface area (Å²) in [5.74, 6) is 0. The van der Waals surface area contributed by atoms with Crippen molar-refractivity contribution in [2.24, 2.45) is 0 Å². The highest BCUT2D eigenvalue weighted by Crippen LogP contribution is 2.30. The van der Waals surface area contributed by atoms with Gasteiger partial charge in [-0.15, -0.1) is 0 Å². The minimum atomic E-state index is 0.512. The Bertz CT molecular complexity index is 408. The van der Waals surface area contributed by atoms with E-state index in [1.807, 2.05) is 18.2 Å². The molecule has 0 radical (unpaired) electrons. The second-order valence-corrected chi connectivity index (χ2v) is 5.51. The van der Waals surface area contributed by atoms with E-state index in [4.69, 9.17) is 17.3 Å². The van der Waals surface area contributed by atoms with E-state index >= 15 is 0 Å². The monoisotopic (exact) mass is 267 g/mol. The molecule has 1 aliphatic heterocycles. The fraction of sp³-hybridized carbons (Fsp3) is 0.571. The topological polar surface area (TPSA) is 32.5 Å². The van der Waals surface area contributed by atoms with Gasteiger partial charge in [0.15, 0.2) is 0 Å². The Labute approximate surface area is 115 Å². The van der Waals surface area contributed by atoms with Crippen molar-refractivity contribution in [2.45, 2.75) is 25.8 Å². The van der Waals surface area contributed by atoms with E-state index < -0.39 is 0 Å². The van der Waals surface area contributed by atoms with Gasteiger partial charge in [0.2, 0.25) is 0 Å². The molecule has 1 fully saturated rings. The summed E-state index contributed by atoms with van der Waals surface area (Å²) in [5, 5.41) is 0.756. The van der Waals surface area contributed by atoms with Gasteiger partial charge in [0.1, 0.15) is 0 Å². The third kappa shape index (κ3) is 2.90. The zero-order valence-electron chi connectivity index (χ0n) is 11.2. The predicted molar refractivity (Wildman–Crippen MR) is 79.4 cm³/mol. The number of anilines is 2. The summed E-state index contributed by atoms with van der Waals surface area (Å²) in [6.45, 7) is 5.51. The molecule has 1 aliphatic rings. The van der Waals surface area contributed by atoms with Gasteiger partial charge in [-0.05, 0) is 44.6 Å². The van der Waals surface area contributed by atoms with Crippen LogP contribution in [0.4, 0.5) is 11.4 Å². The van der Waals surface area contributed by atoms with E-state index in [9.17, 15) is 0 Å². The lowest BCUT2D eigenvalue weighted by molar-refractivity contribution is 0.328. The van der Waals surface area contributed by atoms with Gasteiger partial charge in [0.25, 0.3) is 0 Å². The van der Waals surface area contributed by atoms with E-state index in [-0.39, 0.29) is 0 Å². The molecule has 0 spiro atoms. The van der Waals surface area contributed by atoms with Crippen LogP contribution in [0.15, 0.2) is 18.2 Å². The third-order valence-electron chi connectivity index (χ3n) is 3.68. The van der Waals surface area contributed by atoms with Crippen molar-refractivity contribution in [3.8, 4) is 0 Å². The highest BCUT2D eigenvalue weighted by atomic mass is 35.5. The summed E-state index contributed by atoms with van der Waals surface area (Å²) < 4.78 is 0. The van der Waals surface area contributed by atoms with Crippen LogP contribution in [0, 0.1) is 0 Å². The van der Waals surface area contributed by atoms with Crippen molar-refractivity contribution in [1.29, 1.82) is 0 Å². The number of nitrogens with two attached hydrogens (primary N) is 1. The van der Waals surface area contributed by atoms with Crippen LogP contribution in [0.2, 0.25) is 5.02 Å². The van der Waals surface area contributed by atoms with Gasteiger partial charge in [-0.2, -0.15) is 0 Å². The number of nitrogen functional groups attached to an aromatic ring is 1. The van der Waals surface area contributed by atoms with Crippen LogP contribution in [0.25, 0.3) is 0 Å². The number of halogens is 1. The van der Waals surface area contributed by atoms with Crippen LogP contribution in [-0.4, -0.2) is 37.6 Å². The second kappa shape index (κ2) is 5.81. The van der Waals surface area contributed by atoms with Gasteiger partial charge in [-0.3, -0.25) is 0 Å². The quantitative estimate of drug-likeness (QED) is 0.837. The van der Waals surface area contributed by atoms with Crippen molar-refractivity contribution in [3.05, 3.63) is 23.2 Å². The average Bonchev–Trinajstić information content (AvgIpc) is 2.53. The number of rotatable bonds is 2. The Morgan fingerprint density at radius 1 is 1.39 bits per heavy atom. The lowest BCUT2D eigenvalue weighted by atomic mass is 10.1. The first kappa shape index (κ1) is 13.5. The standard InChI is InChI=1S/C14H22ClN3/c1-3-12-10-17(2)7-4-8-18(12)14-9-11(15)5-6-13(14)16/h5-6,9,12H,3-4,7-8,10,16H2,1-2H3. The predicted octanol–water partition coefficient (Wildman–Crippen LogP) is 2.84. The fourth-order valence-electron chi connectivity index (χ4n) is 2.68. The molecule has 4 heteroatoms. The normalized spacial score (nSPS) is 21.9. The summed E-state index contributed by atoms with van der Waals surface area (Å²) in [6, 6.07) is 6.26. The molecule has 3 nitrogen and oxygen atoms in total. The van der Waals surface area contributed by atoms with Gasteiger partial charge in [-0.25, -0.2) is 0 Å². The maximum atomic E-state index is 6.11. The number of hydrogen-bond donors (Lipinski definition) is 1. The van der Waals surface area contributed by atoms with Crippen LogP contribution in [0.1, 0.15) is 19.8 Å². The van der Waals surface area contributed by atoms with Crippen molar-refractivity contribution in [2.75, 3.05) is 37.3 Å². The molecule has 0 bridgehead atoms. The Kier molecular flexibility index (Phi) is 4.36. The molecule has 2 N–H and O–H groups in total. The minimum absolute atomic E-state index is 0.512. The van der Waals surface area contributed by atoms with Crippen molar-refractivity contribution in [3.63, 3.8) is 0 Å². The SMILES string of the molecule is CCC1CN(C)CCCN1c1cc(Cl)ccc1N. The molecular formula is C14H22ClN3. The lowest BCUT2D eigenvalue weighted by Gasteiger charge is -2.33. The Morgan fingerprint density at radius 3 is 2.89 bits per heavy atom. The smallest absolute Gasteiger partial charge is 0.0617 e. The molecule has 0 saturated carbocycles. The van der Waals surface area contributed by atoms with Crippen LogP contribution >= 0.6 is 11.6 Å². The van der Waals surface area contributed by atoms with Gasteiger partial charge >= 0.3 is 0 Å². The highest BCUT2D eigenvalue weighted by Gasteiger charge is 2.23. The van der Waals surface area contributed by atoms with E-state index in [0.717, 1.165) is 42.5 Å². The minimum Gasteiger partial charge on any atom is -0.397 e. The van der Waals surface area contributed by atoms with Gasteiger partial charge in [-0.1, -0.05) is 18.5 Å². The first-order chi connectivity index (χ1) is 8.61. The molecule has 0 aromatic heterocycles. The largest absolute Gasteiger partial charge is 0.397 e. The highest BCUT2D eigenvalue weighted by molar-refractivity contribution is 6.31. The summed E-state index contributed by atoms with van der Waals surface area (Å²) in [7, 11) is 2.19. The van der Waals surface area contributed by atoms with E-state index in [1.54, 1.807) is 0 Å². The Balaban J connectivity index is 2.31. The van der Waals surface area contributed by atoms with E-state index in [2.05, 4.69) is 23.8 Å². The van der Waals surface area contributed by atoms with Crippen LogP contribution in [0.5, 0.6) is 0 Å². The zero-order valence-corrected chi connectivity index (χ0v) is 12.0. The molecule has 18 heavy (non-hydrogen) atoms. The third-order valence-corrected chi connectivity index (χ3v) is 3.91. The van der Waals surface area contributed by atoms with E-state index in [0.29, 0.717) is 6.04 Å². The number of hydrogen-bond acceptors (Lipinski definition) is 3. The summed E-state index contributed by atoms with van der Waals surface area (Å²) in [5.41, 5.74) is 8.02. The molecule has 1 atom stereocenters. The van der Waals surface area contributed by atoms with Crippen LogP contribution in [0.3, 0.4) is 0 Å². The fourth-order valence-corrected chi connectivity index (χ4v) is 2.84. The summed E-state index contributed by atoms with van der Waals surface area (Å²) >= 11 is 6.10. The Hall–Kier alpha value is -0.930. The molecule has 0 amide bonds. The van der Waals surface area contributed by atoms with Crippen LogP contribution < -0.4 is 10.6 Å². The van der Waals surface area contributed by atoms with Crippen LogP contribution in [-0.2, 0) is 0 Å². The van der Waals surface area contributed by atoms with E-state index in [1.165, 1.54) is 6.42 Å². The van der Waals surface area contributed by atoms with Gasteiger partial charge in [0.05, 0.1) is 11.4 Å². The number of likely N-dealkylation sites (N-methyl/N-ethyl adjacent to an activating group) is 1. The second-order valence-electron chi connectivity index (χ2n) is 5.07. The van der Waals surface area contributed by atoms with Gasteiger partial charge < -0.3 is 15.5 Å². The van der Waals surface area contributed by atoms with Crippen molar-refractivity contribution >= 4 is 23.0 Å². The molecule has 100 valence electrons. The lowest BCUT2D eigenvalue weighted by Crippen LogP contribution is -2.40. The molecule has 1 aromatic carbocycles. The molecule has 1 saturated heterocycles.